The van der Waals surface area contributed by atoms with Crippen LogP contribution >= 0.6 is 0 Å². The molecule has 0 fully saturated rings. The van der Waals surface area contributed by atoms with Crippen molar-refractivity contribution in [3.63, 3.8) is 0 Å². The summed E-state index contributed by atoms with van der Waals surface area (Å²) in [5, 5.41) is 49.5. The quantitative estimate of drug-likeness (QED) is 0.0923. The average Bonchev–Trinajstić information content (AvgIpc) is 2.66. The van der Waals surface area contributed by atoms with Crippen LogP contribution in [0.15, 0.2) is 50.4 Å². The van der Waals surface area contributed by atoms with Crippen LogP contribution in [0.25, 0.3) is 10.8 Å². The van der Waals surface area contributed by atoms with Gasteiger partial charge in [-0.1, -0.05) is 5.75 Å². The third-order valence-electron chi connectivity index (χ3n) is 4.40. The molecule has 3 aromatic rings. The minimum absolute atomic E-state index is 0. The van der Waals surface area contributed by atoms with E-state index in [1.807, 2.05) is 0 Å². The molecule has 0 spiro atoms. The van der Waals surface area contributed by atoms with E-state index in [0.717, 1.165) is 12.1 Å². The Kier molecular flexibility index (Phi) is 9.83. The van der Waals surface area contributed by atoms with Crippen LogP contribution in [0.4, 0.5) is 17.1 Å². The summed E-state index contributed by atoms with van der Waals surface area (Å²) >= 11 is 0. The fraction of sp³-hybridized carbons (Fsp3) is 0.0588. The molecule has 35 heavy (non-hydrogen) atoms. The van der Waals surface area contributed by atoms with Crippen LogP contribution in [0.2, 0.25) is 0 Å². The number of hydrogen-bond donors (Lipinski definition) is 3. The summed E-state index contributed by atoms with van der Waals surface area (Å²) < 4.78 is 67.0. The molecule has 0 atom stereocenters. The van der Waals surface area contributed by atoms with E-state index >= 15 is 0 Å². The molecule has 18 heteroatoms. The van der Waals surface area contributed by atoms with E-state index in [1.54, 1.807) is 0 Å². The number of nitro groups is 1. The SMILES string of the molecule is Cc1cc(N=Nc2c(S(=O)(=O)[O-])cc3cc(S(=O)(=O)O)cc(O)c3c2[O-])c(O)cc1[N+](=O)[O-].[Na+].[Na+]. The Bertz CT molecular complexity index is 1590. The predicted molar refractivity (Wildman–Crippen MR) is 107 cm³/mol. The van der Waals surface area contributed by atoms with Crippen LogP contribution in [0.5, 0.6) is 17.2 Å². The Morgan fingerprint density at radius 3 is 2.06 bits per heavy atom. The van der Waals surface area contributed by atoms with Gasteiger partial charge < -0.3 is 19.9 Å². The maximum atomic E-state index is 12.8. The van der Waals surface area contributed by atoms with Gasteiger partial charge in [-0.05, 0) is 30.5 Å². The van der Waals surface area contributed by atoms with Crippen LogP contribution < -0.4 is 64.2 Å². The predicted octanol–water partition coefficient (Wildman–Crippen LogP) is -3.88. The monoisotopic (exact) mass is 543 g/mol. The molecule has 3 N–H and O–H groups in total. The number of aromatic hydroxyl groups is 2. The summed E-state index contributed by atoms with van der Waals surface area (Å²) in [5.41, 5.74) is -1.88. The van der Waals surface area contributed by atoms with Crippen molar-refractivity contribution in [3.8, 4) is 17.2 Å². The molecule has 0 unspecified atom stereocenters. The van der Waals surface area contributed by atoms with Crippen molar-refractivity contribution in [3.05, 3.63) is 46.0 Å². The van der Waals surface area contributed by atoms with Gasteiger partial charge in [0.1, 0.15) is 27.3 Å². The van der Waals surface area contributed by atoms with E-state index < -0.39 is 80.0 Å². The molecular formula is C17H11N3Na2O11S2. The minimum Gasteiger partial charge on any atom is -0.870 e. The number of nitrogens with zero attached hydrogens (tertiary/aromatic N) is 3. The first-order valence-corrected chi connectivity index (χ1v) is 11.3. The first-order valence-electron chi connectivity index (χ1n) is 8.45. The molecular weight excluding hydrogens is 532 g/mol. The van der Waals surface area contributed by atoms with Gasteiger partial charge in [-0.3, -0.25) is 14.7 Å². The van der Waals surface area contributed by atoms with Crippen molar-refractivity contribution in [2.24, 2.45) is 10.2 Å². The maximum Gasteiger partial charge on any atom is 1.00 e. The van der Waals surface area contributed by atoms with Gasteiger partial charge in [0.05, 0.1) is 26.5 Å². The number of azo groups is 1. The van der Waals surface area contributed by atoms with Gasteiger partial charge in [-0.15, -0.1) is 10.2 Å². The Morgan fingerprint density at radius 2 is 1.54 bits per heavy atom. The number of phenols is 2. The Morgan fingerprint density at radius 1 is 0.943 bits per heavy atom. The van der Waals surface area contributed by atoms with Crippen LogP contribution in [-0.4, -0.2) is 41.1 Å². The maximum absolute atomic E-state index is 12.8. The molecule has 0 bridgehead atoms. The summed E-state index contributed by atoms with van der Waals surface area (Å²) in [7, 11) is -10.3. The van der Waals surface area contributed by atoms with Crippen molar-refractivity contribution in [1.29, 1.82) is 0 Å². The van der Waals surface area contributed by atoms with E-state index in [0.29, 0.717) is 18.2 Å². The van der Waals surface area contributed by atoms with Gasteiger partial charge in [-0.2, -0.15) is 8.42 Å². The molecule has 0 heterocycles. The molecule has 0 amide bonds. The van der Waals surface area contributed by atoms with Gasteiger partial charge >= 0.3 is 59.1 Å². The fourth-order valence-electron chi connectivity index (χ4n) is 2.91. The molecule has 3 aromatic carbocycles. The summed E-state index contributed by atoms with van der Waals surface area (Å²) in [6.45, 7) is 1.31. The number of fused-ring (bicyclic) bond motifs is 1. The van der Waals surface area contributed by atoms with Crippen molar-refractivity contribution in [2.45, 2.75) is 16.7 Å². The van der Waals surface area contributed by atoms with E-state index in [1.165, 1.54) is 6.92 Å². The number of hydrogen-bond acceptors (Lipinski definition) is 12. The number of benzene rings is 3. The number of rotatable bonds is 5. The fourth-order valence-corrected chi connectivity index (χ4v) is 4.09. The second kappa shape index (κ2) is 11.0. The third kappa shape index (κ3) is 6.48. The Hall–Kier alpha value is -1.86. The molecule has 14 nitrogen and oxygen atoms in total. The zero-order valence-electron chi connectivity index (χ0n) is 18.2. The topological polar surface area (TPSA) is 243 Å². The normalized spacial score (nSPS) is 11.7. The Balaban J connectivity index is 0.00000306. The standard InChI is InChI=1S/C17H13N3O11S2.2Na/c1-7-2-10(12(21)6-11(7)20(24)25)18-19-16-14(33(29,30)31)4-8-3-9(32(26,27)28)5-13(22)15(8)17(16)23;;/h2-6,21-23H,1H3,(H,26,27,28)(H,29,30,31);;/q;2*+1/p-2. The molecule has 0 saturated carbocycles. The molecule has 0 radical (unpaired) electrons. The first-order chi connectivity index (χ1) is 15.1. The van der Waals surface area contributed by atoms with Crippen LogP contribution in [0, 0.1) is 17.0 Å². The van der Waals surface area contributed by atoms with Gasteiger partial charge in [-0.25, -0.2) is 8.42 Å². The summed E-state index contributed by atoms with van der Waals surface area (Å²) in [6, 6.07) is 3.51. The largest absolute Gasteiger partial charge is 1.00 e. The van der Waals surface area contributed by atoms with Crippen molar-refractivity contribution in [2.75, 3.05) is 0 Å². The average molecular weight is 543 g/mol. The zero-order chi connectivity index (χ0) is 24.9. The second-order valence-electron chi connectivity index (χ2n) is 6.61. The van der Waals surface area contributed by atoms with Gasteiger partial charge in [0.15, 0.2) is 0 Å². The zero-order valence-corrected chi connectivity index (χ0v) is 23.8. The molecule has 0 aromatic heterocycles. The number of phenolic OH excluding ortho intramolecular Hbond substituents is 2. The molecule has 0 saturated heterocycles. The number of nitro benzene ring substituents is 1. The Labute approximate surface area is 241 Å². The number of aryl methyl sites for hydroxylation is 1. The molecule has 0 aliphatic carbocycles. The van der Waals surface area contributed by atoms with Crippen molar-refractivity contribution in [1.82, 2.24) is 0 Å². The summed E-state index contributed by atoms with van der Waals surface area (Å²) in [5.74, 6) is -3.04. The summed E-state index contributed by atoms with van der Waals surface area (Å²) in [6.07, 6.45) is 0. The minimum atomic E-state index is -5.40. The first kappa shape index (κ1) is 31.2. The van der Waals surface area contributed by atoms with Crippen molar-refractivity contribution >= 4 is 48.1 Å². The van der Waals surface area contributed by atoms with E-state index in [2.05, 4.69) is 10.2 Å². The van der Waals surface area contributed by atoms with Gasteiger partial charge in [0.2, 0.25) is 0 Å². The summed E-state index contributed by atoms with van der Waals surface area (Å²) in [4.78, 5) is 8.05. The molecule has 174 valence electrons. The van der Waals surface area contributed by atoms with E-state index in [9.17, 15) is 46.8 Å². The molecule has 3 rings (SSSR count). The van der Waals surface area contributed by atoms with Gasteiger partial charge in [0.25, 0.3) is 15.8 Å². The van der Waals surface area contributed by atoms with Crippen LogP contribution in [0.1, 0.15) is 5.56 Å². The molecule has 0 aliphatic heterocycles. The van der Waals surface area contributed by atoms with Crippen LogP contribution in [-0.2, 0) is 20.2 Å². The third-order valence-corrected chi connectivity index (χ3v) is 6.08. The van der Waals surface area contributed by atoms with E-state index in [-0.39, 0.29) is 64.7 Å². The van der Waals surface area contributed by atoms with E-state index in [4.69, 9.17) is 4.55 Å². The molecule has 0 aliphatic rings. The second-order valence-corrected chi connectivity index (χ2v) is 9.38. The smallest absolute Gasteiger partial charge is 0.870 e. The van der Waals surface area contributed by atoms with Gasteiger partial charge in [0, 0.05) is 17.0 Å². The van der Waals surface area contributed by atoms with Crippen LogP contribution in [0.3, 0.4) is 0 Å². The van der Waals surface area contributed by atoms with Crippen molar-refractivity contribution < 1.29 is 105 Å².